The zero-order valence-corrected chi connectivity index (χ0v) is 17.5. The summed E-state index contributed by atoms with van der Waals surface area (Å²) >= 11 is 5.86. The number of amides is 1. The Morgan fingerprint density at radius 1 is 1.00 bits per heavy atom. The van der Waals surface area contributed by atoms with E-state index < -0.39 is 5.60 Å². The number of nitrogens with one attached hydrogen (secondary N) is 1. The van der Waals surface area contributed by atoms with E-state index in [1.807, 2.05) is 11.9 Å². The topological polar surface area (TPSA) is 58.6 Å². The maximum absolute atomic E-state index is 12.6. The predicted octanol–water partition coefficient (Wildman–Crippen LogP) is 4.49. The van der Waals surface area contributed by atoms with E-state index >= 15 is 0 Å². The normalized spacial score (nSPS) is 11.4. The van der Waals surface area contributed by atoms with E-state index in [9.17, 15) is 9.59 Å². The SMILES string of the molecule is CCCN(CC)NC(=O)C(C)(C)Oc1ccc(C(=O)c2ccc(Cl)cc2)cc1. The van der Waals surface area contributed by atoms with Crippen LogP contribution >= 0.6 is 11.6 Å². The molecule has 0 spiro atoms. The Balaban J connectivity index is 2.05. The zero-order chi connectivity index (χ0) is 20.7. The molecule has 2 aromatic carbocycles. The van der Waals surface area contributed by atoms with E-state index in [0.717, 1.165) is 19.5 Å². The molecule has 28 heavy (non-hydrogen) atoms. The Hall–Kier alpha value is -2.37. The average molecular weight is 403 g/mol. The number of ether oxygens (including phenoxy) is 1. The molecule has 0 aromatic heterocycles. The second kappa shape index (κ2) is 9.71. The summed E-state index contributed by atoms with van der Waals surface area (Å²) in [7, 11) is 0. The minimum absolute atomic E-state index is 0.0987. The summed E-state index contributed by atoms with van der Waals surface area (Å²) < 4.78 is 5.88. The van der Waals surface area contributed by atoms with Gasteiger partial charge in [-0.15, -0.1) is 0 Å². The minimum Gasteiger partial charge on any atom is -0.478 e. The van der Waals surface area contributed by atoms with Gasteiger partial charge in [-0.2, -0.15) is 0 Å². The number of nitrogens with zero attached hydrogens (tertiary/aromatic N) is 1. The molecule has 150 valence electrons. The molecule has 0 unspecified atom stereocenters. The Bertz CT molecular complexity index is 802. The highest BCUT2D eigenvalue weighted by molar-refractivity contribution is 6.30. The highest BCUT2D eigenvalue weighted by Crippen LogP contribution is 2.21. The lowest BCUT2D eigenvalue weighted by Gasteiger charge is -2.29. The van der Waals surface area contributed by atoms with Gasteiger partial charge >= 0.3 is 0 Å². The summed E-state index contributed by atoms with van der Waals surface area (Å²) in [5.74, 6) is 0.203. The standard InChI is InChI=1S/C22H27ClN2O3/c1-5-15-25(6-2)24-21(27)22(3,4)28-19-13-9-17(10-14-19)20(26)16-7-11-18(23)12-8-16/h7-14H,5-6,15H2,1-4H3,(H,24,27). The van der Waals surface area contributed by atoms with Gasteiger partial charge in [0.1, 0.15) is 5.75 Å². The number of benzene rings is 2. The number of hydrazine groups is 1. The summed E-state index contributed by atoms with van der Waals surface area (Å²) in [6.45, 7) is 8.98. The average Bonchev–Trinajstić information content (AvgIpc) is 2.68. The molecule has 1 N–H and O–H groups in total. The van der Waals surface area contributed by atoms with Gasteiger partial charge in [-0.1, -0.05) is 25.4 Å². The van der Waals surface area contributed by atoms with Gasteiger partial charge in [0.15, 0.2) is 11.4 Å². The monoisotopic (exact) mass is 402 g/mol. The van der Waals surface area contributed by atoms with Crippen LogP contribution in [0.1, 0.15) is 50.0 Å². The molecule has 0 atom stereocenters. The number of halogens is 1. The maximum Gasteiger partial charge on any atom is 0.277 e. The van der Waals surface area contributed by atoms with Crippen molar-refractivity contribution in [2.45, 2.75) is 39.7 Å². The molecular formula is C22H27ClN2O3. The van der Waals surface area contributed by atoms with Crippen LogP contribution in [0.15, 0.2) is 48.5 Å². The summed E-state index contributed by atoms with van der Waals surface area (Å²) in [6.07, 6.45) is 0.943. The Morgan fingerprint density at radius 2 is 1.54 bits per heavy atom. The van der Waals surface area contributed by atoms with Crippen LogP contribution in [0, 0.1) is 0 Å². The van der Waals surface area contributed by atoms with E-state index in [2.05, 4.69) is 12.3 Å². The van der Waals surface area contributed by atoms with Crippen molar-refractivity contribution in [1.29, 1.82) is 0 Å². The lowest BCUT2D eigenvalue weighted by atomic mass is 10.0. The van der Waals surface area contributed by atoms with E-state index in [-0.39, 0.29) is 11.7 Å². The highest BCUT2D eigenvalue weighted by atomic mass is 35.5. The molecule has 0 heterocycles. The fourth-order valence-electron chi connectivity index (χ4n) is 2.62. The summed E-state index contributed by atoms with van der Waals surface area (Å²) in [4.78, 5) is 25.1. The number of rotatable bonds is 9. The van der Waals surface area contributed by atoms with Crippen molar-refractivity contribution in [2.75, 3.05) is 13.1 Å². The Morgan fingerprint density at radius 3 is 2.04 bits per heavy atom. The van der Waals surface area contributed by atoms with Crippen molar-refractivity contribution in [2.24, 2.45) is 0 Å². The third-order valence-corrected chi connectivity index (χ3v) is 4.53. The first-order valence-electron chi connectivity index (χ1n) is 9.42. The molecular weight excluding hydrogens is 376 g/mol. The van der Waals surface area contributed by atoms with Gasteiger partial charge in [0.05, 0.1) is 0 Å². The molecule has 6 heteroatoms. The van der Waals surface area contributed by atoms with Crippen LogP contribution in [-0.2, 0) is 4.79 Å². The molecule has 0 radical (unpaired) electrons. The van der Waals surface area contributed by atoms with Crippen LogP contribution in [0.5, 0.6) is 5.75 Å². The van der Waals surface area contributed by atoms with E-state index in [0.29, 0.717) is 21.9 Å². The number of ketones is 1. The first kappa shape index (κ1) is 21.9. The maximum atomic E-state index is 12.6. The minimum atomic E-state index is -1.05. The van der Waals surface area contributed by atoms with Gasteiger partial charge in [-0.05, 0) is 68.8 Å². The van der Waals surface area contributed by atoms with Crippen LogP contribution in [0.2, 0.25) is 5.02 Å². The first-order valence-corrected chi connectivity index (χ1v) is 9.80. The molecule has 0 aliphatic heterocycles. The largest absolute Gasteiger partial charge is 0.478 e. The molecule has 0 saturated heterocycles. The lowest BCUT2D eigenvalue weighted by molar-refractivity contribution is -0.139. The van der Waals surface area contributed by atoms with Crippen LogP contribution in [0.25, 0.3) is 0 Å². The third-order valence-electron chi connectivity index (χ3n) is 4.28. The number of hydrogen-bond donors (Lipinski definition) is 1. The molecule has 1 amide bonds. The number of carbonyl (C=O) groups excluding carboxylic acids is 2. The predicted molar refractivity (Wildman–Crippen MR) is 112 cm³/mol. The van der Waals surface area contributed by atoms with Crippen LogP contribution < -0.4 is 10.2 Å². The smallest absolute Gasteiger partial charge is 0.277 e. The van der Waals surface area contributed by atoms with Crippen molar-refractivity contribution in [3.63, 3.8) is 0 Å². The van der Waals surface area contributed by atoms with E-state index in [1.54, 1.807) is 62.4 Å². The van der Waals surface area contributed by atoms with Crippen molar-refractivity contribution in [1.82, 2.24) is 10.4 Å². The first-order chi connectivity index (χ1) is 13.3. The molecule has 0 bridgehead atoms. The second-order valence-corrected chi connectivity index (χ2v) is 7.43. The Kier molecular flexibility index (Phi) is 7.61. The fourth-order valence-corrected chi connectivity index (χ4v) is 2.75. The van der Waals surface area contributed by atoms with Crippen molar-refractivity contribution >= 4 is 23.3 Å². The van der Waals surface area contributed by atoms with Crippen molar-refractivity contribution in [3.05, 3.63) is 64.7 Å². The van der Waals surface area contributed by atoms with Crippen LogP contribution in [-0.4, -0.2) is 35.4 Å². The van der Waals surface area contributed by atoms with Crippen molar-refractivity contribution < 1.29 is 14.3 Å². The van der Waals surface area contributed by atoms with Gasteiger partial charge in [-0.25, -0.2) is 5.01 Å². The summed E-state index contributed by atoms with van der Waals surface area (Å²) in [5.41, 5.74) is 2.94. The molecule has 0 saturated carbocycles. The molecule has 2 rings (SSSR count). The number of hydrogen-bond acceptors (Lipinski definition) is 4. The Labute approximate surface area is 171 Å². The summed E-state index contributed by atoms with van der Waals surface area (Å²) in [6, 6.07) is 13.5. The van der Waals surface area contributed by atoms with E-state index in [1.165, 1.54) is 0 Å². The molecule has 0 aliphatic carbocycles. The lowest BCUT2D eigenvalue weighted by Crippen LogP contribution is -2.53. The van der Waals surface area contributed by atoms with Crippen LogP contribution in [0.3, 0.4) is 0 Å². The highest BCUT2D eigenvalue weighted by Gasteiger charge is 2.31. The fraction of sp³-hybridized carbons (Fsp3) is 0.364. The van der Waals surface area contributed by atoms with E-state index in [4.69, 9.17) is 16.3 Å². The third kappa shape index (κ3) is 5.81. The van der Waals surface area contributed by atoms with Gasteiger partial charge in [0.2, 0.25) is 0 Å². The van der Waals surface area contributed by atoms with Crippen LogP contribution in [0.4, 0.5) is 0 Å². The number of carbonyl (C=O) groups is 2. The molecule has 5 nitrogen and oxygen atoms in total. The zero-order valence-electron chi connectivity index (χ0n) is 16.8. The molecule has 0 aliphatic rings. The second-order valence-electron chi connectivity index (χ2n) is 6.99. The van der Waals surface area contributed by atoms with Gasteiger partial charge in [0.25, 0.3) is 5.91 Å². The van der Waals surface area contributed by atoms with Crippen molar-refractivity contribution in [3.8, 4) is 5.75 Å². The molecule has 2 aromatic rings. The van der Waals surface area contributed by atoms with Gasteiger partial charge in [-0.3, -0.25) is 15.0 Å². The summed E-state index contributed by atoms with van der Waals surface area (Å²) in [5, 5.41) is 2.45. The van der Waals surface area contributed by atoms with Gasteiger partial charge in [0, 0.05) is 29.2 Å². The van der Waals surface area contributed by atoms with Gasteiger partial charge < -0.3 is 4.74 Å². The molecule has 0 fully saturated rings. The quantitative estimate of drug-likeness (QED) is 0.496.